The summed E-state index contributed by atoms with van der Waals surface area (Å²) in [5, 5.41) is 3.41. The lowest BCUT2D eigenvalue weighted by molar-refractivity contribution is 0.848. The Hall–Kier alpha value is -1.94. The molecule has 1 heterocycles. The van der Waals surface area contributed by atoms with Gasteiger partial charge in [0.25, 0.3) is 0 Å². The van der Waals surface area contributed by atoms with Gasteiger partial charge in [-0.25, -0.2) is 9.97 Å². The van der Waals surface area contributed by atoms with Gasteiger partial charge in [0.15, 0.2) is 0 Å². The van der Waals surface area contributed by atoms with E-state index < -0.39 is 0 Å². The van der Waals surface area contributed by atoms with E-state index in [0.29, 0.717) is 6.54 Å². The van der Waals surface area contributed by atoms with E-state index in [4.69, 9.17) is 5.73 Å². The molecular weight excluding hydrogens is 248 g/mol. The van der Waals surface area contributed by atoms with Crippen LogP contribution in [-0.2, 0) is 13.0 Å². The van der Waals surface area contributed by atoms with Crippen molar-refractivity contribution >= 4 is 5.82 Å². The molecule has 2 rings (SSSR count). The number of hydrogen-bond acceptors (Lipinski definition) is 4. The summed E-state index contributed by atoms with van der Waals surface area (Å²) in [5.41, 5.74) is 9.06. The van der Waals surface area contributed by atoms with Crippen LogP contribution in [0.15, 0.2) is 36.7 Å². The Morgan fingerprint density at radius 1 is 1.20 bits per heavy atom. The third-order valence-electron chi connectivity index (χ3n) is 3.31. The van der Waals surface area contributed by atoms with Crippen LogP contribution in [0.4, 0.5) is 5.82 Å². The van der Waals surface area contributed by atoms with Crippen molar-refractivity contribution in [2.45, 2.75) is 39.3 Å². The van der Waals surface area contributed by atoms with Crippen LogP contribution in [0.3, 0.4) is 0 Å². The molecule has 106 valence electrons. The van der Waals surface area contributed by atoms with Gasteiger partial charge in [-0.05, 0) is 24.5 Å². The van der Waals surface area contributed by atoms with E-state index >= 15 is 0 Å². The van der Waals surface area contributed by atoms with Crippen LogP contribution in [-0.4, -0.2) is 9.97 Å². The van der Waals surface area contributed by atoms with Crippen LogP contribution in [0.2, 0.25) is 0 Å². The Balaban J connectivity index is 2.06. The van der Waals surface area contributed by atoms with Crippen molar-refractivity contribution in [3.63, 3.8) is 0 Å². The van der Waals surface area contributed by atoms with Crippen molar-refractivity contribution in [1.82, 2.24) is 9.97 Å². The normalized spacial score (nSPS) is 12.2. The lowest BCUT2D eigenvalue weighted by Crippen LogP contribution is -2.09. The minimum absolute atomic E-state index is 0.200. The Morgan fingerprint density at radius 3 is 2.60 bits per heavy atom. The van der Waals surface area contributed by atoms with E-state index in [1.54, 1.807) is 6.33 Å². The summed E-state index contributed by atoms with van der Waals surface area (Å²) in [5.74, 6) is 0.874. The highest BCUT2D eigenvalue weighted by Crippen LogP contribution is 2.18. The molecule has 0 saturated heterocycles. The predicted molar refractivity (Wildman–Crippen MR) is 82.4 cm³/mol. The average molecular weight is 270 g/mol. The number of rotatable bonds is 6. The molecule has 0 aliphatic carbocycles. The zero-order valence-electron chi connectivity index (χ0n) is 12.1. The maximum Gasteiger partial charge on any atom is 0.130 e. The Morgan fingerprint density at radius 2 is 1.95 bits per heavy atom. The molecule has 1 aromatic heterocycles. The molecule has 0 radical (unpaired) electrons. The van der Waals surface area contributed by atoms with Crippen molar-refractivity contribution < 1.29 is 0 Å². The van der Waals surface area contributed by atoms with Gasteiger partial charge in [-0.1, -0.05) is 37.6 Å². The zero-order valence-corrected chi connectivity index (χ0v) is 12.1. The van der Waals surface area contributed by atoms with Gasteiger partial charge in [-0.15, -0.1) is 0 Å². The third-order valence-corrected chi connectivity index (χ3v) is 3.31. The summed E-state index contributed by atoms with van der Waals surface area (Å²) in [6.45, 7) is 4.85. The summed E-state index contributed by atoms with van der Waals surface area (Å²) >= 11 is 0. The Bertz CT molecular complexity index is 536. The second kappa shape index (κ2) is 7.01. The minimum atomic E-state index is 0.200. The van der Waals surface area contributed by atoms with Crippen molar-refractivity contribution in [1.29, 1.82) is 0 Å². The van der Waals surface area contributed by atoms with Gasteiger partial charge in [0, 0.05) is 24.3 Å². The van der Waals surface area contributed by atoms with E-state index in [1.165, 1.54) is 5.56 Å². The number of aryl methyl sites for hydroxylation is 1. The predicted octanol–water partition coefficient (Wildman–Crippen LogP) is 3.06. The summed E-state index contributed by atoms with van der Waals surface area (Å²) in [4.78, 5) is 8.55. The first-order valence-corrected chi connectivity index (χ1v) is 7.09. The van der Waals surface area contributed by atoms with E-state index in [0.717, 1.165) is 29.9 Å². The van der Waals surface area contributed by atoms with Crippen LogP contribution < -0.4 is 11.1 Å². The monoisotopic (exact) mass is 270 g/mol. The molecule has 0 aliphatic rings. The fourth-order valence-electron chi connectivity index (χ4n) is 2.12. The first-order valence-electron chi connectivity index (χ1n) is 7.09. The molecule has 0 bridgehead atoms. The summed E-state index contributed by atoms with van der Waals surface area (Å²) in [7, 11) is 0. The van der Waals surface area contributed by atoms with Crippen molar-refractivity contribution in [3.8, 4) is 0 Å². The van der Waals surface area contributed by atoms with Gasteiger partial charge in [0.05, 0.1) is 0 Å². The van der Waals surface area contributed by atoms with E-state index in [-0.39, 0.29) is 6.04 Å². The maximum atomic E-state index is 5.61. The summed E-state index contributed by atoms with van der Waals surface area (Å²) < 4.78 is 0. The number of aromatic nitrogens is 2. The molecular formula is C16H22N4. The molecule has 0 amide bonds. The number of nitrogens with zero attached hydrogens (tertiary/aromatic N) is 2. The Labute approximate surface area is 120 Å². The standard InChI is InChI=1S/C16H22N4/c1-3-4-15-9-16(19-11-18-15)20-12(2)14-7-5-13(10-17)6-8-14/h5-9,11-12H,3-4,10,17H2,1-2H3,(H,18,19,20). The van der Waals surface area contributed by atoms with Crippen LogP contribution in [0.1, 0.15) is 43.1 Å². The maximum absolute atomic E-state index is 5.61. The quantitative estimate of drug-likeness (QED) is 0.846. The second-order valence-electron chi connectivity index (χ2n) is 4.96. The number of hydrogen-bond donors (Lipinski definition) is 2. The number of anilines is 1. The van der Waals surface area contributed by atoms with Gasteiger partial charge in [0.1, 0.15) is 12.1 Å². The fourth-order valence-corrected chi connectivity index (χ4v) is 2.12. The highest BCUT2D eigenvalue weighted by molar-refractivity contribution is 5.39. The van der Waals surface area contributed by atoms with E-state index in [2.05, 4.69) is 53.4 Å². The highest BCUT2D eigenvalue weighted by Gasteiger charge is 2.06. The SMILES string of the molecule is CCCc1cc(NC(C)c2ccc(CN)cc2)ncn1. The average Bonchev–Trinajstić information content (AvgIpc) is 2.48. The fraction of sp³-hybridized carbons (Fsp3) is 0.375. The molecule has 0 fully saturated rings. The van der Waals surface area contributed by atoms with Gasteiger partial charge in [0.2, 0.25) is 0 Å². The topological polar surface area (TPSA) is 63.8 Å². The van der Waals surface area contributed by atoms with Crippen molar-refractivity contribution in [3.05, 3.63) is 53.5 Å². The summed E-state index contributed by atoms with van der Waals surface area (Å²) in [6.07, 6.45) is 3.70. The lowest BCUT2D eigenvalue weighted by Gasteiger charge is -2.15. The molecule has 0 spiro atoms. The molecule has 2 aromatic rings. The van der Waals surface area contributed by atoms with Gasteiger partial charge < -0.3 is 11.1 Å². The molecule has 0 aliphatic heterocycles. The minimum Gasteiger partial charge on any atom is -0.363 e. The molecule has 1 unspecified atom stereocenters. The highest BCUT2D eigenvalue weighted by atomic mass is 15.0. The van der Waals surface area contributed by atoms with Gasteiger partial charge >= 0.3 is 0 Å². The summed E-state index contributed by atoms with van der Waals surface area (Å²) in [6, 6.07) is 10.6. The largest absolute Gasteiger partial charge is 0.363 e. The second-order valence-corrected chi connectivity index (χ2v) is 4.96. The molecule has 3 N–H and O–H groups in total. The van der Waals surface area contributed by atoms with Gasteiger partial charge in [-0.2, -0.15) is 0 Å². The molecule has 0 saturated carbocycles. The van der Waals surface area contributed by atoms with Crippen molar-refractivity contribution in [2.75, 3.05) is 5.32 Å². The van der Waals surface area contributed by atoms with E-state index in [1.807, 2.05) is 6.07 Å². The van der Waals surface area contributed by atoms with Gasteiger partial charge in [-0.3, -0.25) is 0 Å². The first-order chi connectivity index (χ1) is 9.72. The smallest absolute Gasteiger partial charge is 0.130 e. The van der Waals surface area contributed by atoms with Crippen LogP contribution in [0, 0.1) is 0 Å². The molecule has 1 aromatic carbocycles. The number of benzene rings is 1. The third kappa shape index (κ3) is 3.78. The van der Waals surface area contributed by atoms with E-state index in [9.17, 15) is 0 Å². The molecule has 20 heavy (non-hydrogen) atoms. The molecule has 1 atom stereocenters. The lowest BCUT2D eigenvalue weighted by atomic mass is 10.1. The number of nitrogens with two attached hydrogens (primary N) is 1. The molecule has 4 nitrogen and oxygen atoms in total. The van der Waals surface area contributed by atoms with Crippen LogP contribution in [0.5, 0.6) is 0 Å². The zero-order chi connectivity index (χ0) is 14.4. The molecule has 4 heteroatoms. The first kappa shape index (κ1) is 14.5. The number of nitrogens with one attached hydrogen (secondary N) is 1. The van der Waals surface area contributed by atoms with Crippen molar-refractivity contribution in [2.24, 2.45) is 5.73 Å². The van der Waals surface area contributed by atoms with Crippen LogP contribution in [0.25, 0.3) is 0 Å². The van der Waals surface area contributed by atoms with Crippen LogP contribution >= 0.6 is 0 Å². The Kier molecular flexibility index (Phi) is 5.07.